The summed E-state index contributed by atoms with van der Waals surface area (Å²) in [6, 6.07) is 4.50. The number of hydrogen-bond donors (Lipinski definition) is 2. The van der Waals surface area contributed by atoms with E-state index in [0.717, 1.165) is 13.0 Å². The predicted molar refractivity (Wildman–Crippen MR) is 88.3 cm³/mol. The minimum Gasteiger partial charge on any atom is -0.444 e. The molecule has 0 aromatic heterocycles. The van der Waals surface area contributed by atoms with E-state index in [2.05, 4.69) is 10.6 Å². The van der Waals surface area contributed by atoms with Crippen LogP contribution in [0, 0.1) is 11.7 Å². The van der Waals surface area contributed by atoms with E-state index >= 15 is 0 Å². The summed E-state index contributed by atoms with van der Waals surface area (Å²) in [5, 5.41) is 5.78. The molecule has 0 bridgehead atoms. The topological polar surface area (TPSA) is 59.6 Å². The van der Waals surface area contributed by atoms with E-state index in [-0.39, 0.29) is 11.9 Å². The molecule has 0 saturated carbocycles. The van der Waals surface area contributed by atoms with Crippen molar-refractivity contribution in [1.29, 1.82) is 0 Å². The van der Waals surface area contributed by atoms with Crippen LogP contribution in [0.15, 0.2) is 18.2 Å². The Morgan fingerprint density at radius 3 is 2.78 bits per heavy atom. The van der Waals surface area contributed by atoms with Crippen LogP contribution in [0.25, 0.3) is 0 Å². The van der Waals surface area contributed by atoms with Gasteiger partial charge in [-0.05, 0) is 52.3 Å². The Bertz CT molecular complexity index is 551. The third-order valence-electron chi connectivity index (χ3n) is 3.67. The van der Waals surface area contributed by atoms with Gasteiger partial charge in [0.25, 0.3) is 0 Å². The second kappa shape index (κ2) is 7.17. The lowest BCUT2D eigenvalue weighted by Crippen LogP contribution is -2.28. The average Bonchev–Trinajstić information content (AvgIpc) is 2.94. The summed E-state index contributed by atoms with van der Waals surface area (Å²) in [4.78, 5) is 11.8. The number of halogens is 1. The van der Waals surface area contributed by atoms with E-state index in [4.69, 9.17) is 9.47 Å². The Morgan fingerprint density at radius 2 is 2.17 bits per heavy atom. The second-order valence-corrected chi connectivity index (χ2v) is 6.88. The van der Waals surface area contributed by atoms with Crippen molar-refractivity contribution in [3.63, 3.8) is 0 Å². The first-order valence-electron chi connectivity index (χ1n) is 7.88. The molecule has 0 spiro atoms. The number of nitrogens with one attached hydrogen (secondary N) is 2. The Balaban J connectivity index is 2.02. The molecule has 5 nitrogen and oxygen atoms in total. The summed E-state index contributed by atoms with van der Waals surface area (Å²) in [7, 11) is 0. The number of ether oxygens (including phenoxy) is 2. The Kier molecular flexibility index (Phi) is 5.46. The fraction of sp³-hybridized carbons (Fsp3) is 0.588. The van der Waals surface area contributed by atoms with Gasteiger partial charge in [0.15, 0.2) is 0 Å². The first kappa shape index (κ1) is 17.5. The highest BCUT2D eigenvalue weighted by Crippen LogP contribution is 2.25. The molecule has 1 aliphatic rings. The van der Waals surface area contributed by atoms with Gasteiger partial charge in [0.05, 0.1) is 12.3 Å². The number of carbonyl (C=O) groups is 1. The molecule has 0 aliphatic carbocycles. The average molecular weight is 324 g/mol. The van der Waals surface area contributed by atoms with Gasteiger partial charge in [0, 0.05) is 24.3 Å². The maximum atomic E-state index is 14.0. The van der Waals surface area contributed by atoms with Crippen LogP contribution in [0.1, 0.15) is 34.1 Å². The number of benzene rings is 1. The van der Waals surface area contributed by atoms with Gasteiger partial charge in [0.1, 0.15) is 11.4 Å². The summed E-state index contributed by atoms with van der Waals surface area (Å²) in [5.74, 6) is 0.00220. The normalized spacial score (nSPS) is 19.3. The molecule has 2 atom stereocenters. The lowest BCUT2D eigenvalue weighted by molar-refractivity contribution is 0.0636. The van der Waals surface area contributed by atoms with Crippen LogP contribution in [-0.4, -0.2) is 30.9 Å². The SMILES string of the molecule is CC(Nc1cc(NC(=O)OC(C)(C)C)ccc1F)C1CCOC1. The molecule has 128 valence electrons. The molecule has 2 N–H and O–H groups in total. The molecule has 1 aromatic carbocycles. The van der Waals surface area contributed by atoms with Crippen molar-refractivity contribution in [2.24, 2.45) is 5.92 Å². The Morgan fingerprint density at radius 1 is 1.43 bits per heavy atom. The van der Waals surface area contributed by atoms with Crippen LogP contribution in [0.4, 0.5) is 20.6 Å². The highest BCUT2D eigenvalue weighted by atomic mass is 19.1. The number of carbonyl (C=O) groups excluding carboxylic acids is 1. The van der Waals surface area contributed by atoms with Crippen LogP contribution in [-0.2, 0) is 9.47 Å². The van der Waals surface area contributed by atoms with Crippen molar-refractivity contribution >= 4 is 17.5 Å². The van der Waals surface area contributed by atoms with E-state index in [1.165, 1.54) is 12.1 Å². The van der Waals surface area contributed by atoms with E-state index in [1.54, 1.807) is 26.8 Å². The van der Waals surface area contributed by atoms with Gasteiger partial charge >= 0.3 is 6.09 Å². The summed E-state index contributed by atoms with van der Waals surface area (Å²) in [6.45, 7) is 8.80. The van der Waals surface area contributed by atoms with Gasteiger partial charge in [-0.3, -0.25) is 5.32 Å². The molecule has 2 rings (SSSR count). The summed E-state index contributed by atoms with van der Waals surface area (Å²) >= 11 is 0. The van der Waals surface area contributed by atoms with Gasteiger partial charge in [-0.15, -0.1) is 0 Å². The van der Waals surface area contributed by atoms with E-state index in [1.807, 2.05) is 6.92 Å². The van der Waals surface area contributed by atoms with Gasteiger partial charge in [-0.1, -0.05) is 0 Å². The molecule has 2 unspecified atom stereocenters. The molecule has 1 aliphatic heterocycles. The smallest absolute Gasteiger partial charge is 0.412 e. The van der Waals surface area contributed by atoms with Gasteiger partial charge in [-0.2, -0.15) is 0 Å². The molecule has 1 aromatic rings. The Labute approximate surface area is 136 Å². The van der Waals surface area contributed by atoms with Crippen LogP contribution in [0.3, 0.4) is 0 Å². The zero-order chi connectivity index (χ0) is 17.0. The van der Waals surface area contributed by atoms with Gasteiger partial charge in [-0.25, -0.2) is 9.18 Å². The Hall–Kier alpha value is -1.82. The number of hydrogen-bond acceptors (Lipinski definition) is 4. The number of amides is 1. The molecule has 1 fully saturated rings. The van der Waals surface area contributed by atoms with Crippen molar-refractivity contribution in [2.75, 3.05) is 23.8 Å². The van der Waals surface area contributed by atoms with Crippen molar-refractivity contribution < 1.29 is 18.7 Å². The molecule has 0 radical (unpaired) electrons. The lowest BCUT2D eigenvalue weighted by atomic mass is 10.0. The third-order valence-corrected chi connectivity index (χ3v) is 3.67. The second-order valence-electron chi connectivity index (χ2n) is 6.88. The van der Waals surface area contributed by atoms with Gasteiger partial charge in [0.2, 0.25) is 0 Å². The summed E-state index contributed by atoms with van der Waals surface area (Å²) in [5.41, 5.74) is 0.262. The van der Waals surface area contributed by atoms with Crippen LogP contribution < -0.4 is 10.6 Å². The third kappa shape index (κ3) is 5.39. The first-order valence-corrected chi connectivity index (χ1v) is 7.88. The largest absolute Gasteiger partial charge is 0.444 e. The van der Waals surface area contributed by atoms with Crippen LogP contribution >= 0.6 is 0 Å². The van der Waals surface area contributed by atoms with Crippen LogP contribution in [0.2, 0.25) is 0 Å². The fourth-order valence-electron chi connectivity index (χ4n) is 2.45. The van der Waals surface area contributed by atoms with Crippen molar-refractivity contribution in [3.05, 3.63) is 24.0 Å². The van der Waals surface area contributed by atoms with E-state index < -0.39 is 11.7 Å². The highest BCUT2D eigenvalue weighted by molar-refractivity contribution is 5.85. The minimum absolute atomic E-state index is 0.0868. The first-order chi connectivity index (χ1) is 10.7. The quantitative estimate of drug-likeness (QED) is 0.878. The fourth-order valence-corrected chi connectivity index (χ4v) is 2.45. The van der Waals surface area contributed by atoms with Crippen molar-refractivity contribution in [2.45, 2.75) is 45.8 Å². The minimum atomic E-state index is -0.581. The maximum absolute atomic E-state index is 14.0. The molecule has 23 heavy (non-hydrogen) atoms. The molecule has 6 heteroatoms. The highest BCUT2D eigenvalue weighted by Gasteiger charge is 2.23. The predicted octanol–water partition coefficient (Wildman–Crippen LogP) is 4.01. The van der Waals surface area contributed by atoms with Crippen molar-refractivity contribution in [1.82, 2.24) is 0 Å². The maximum Gasteiger partial charge on any atom is 0.412 e. The number of anilines is 2. The zero-order valence-electron chi connectivity index (χ0n) is 14.1. The summed E-state index contributed by atoms with van der Waals surface area (Å²) < 4.78 is 24.5. The molecule has 1 heterocycles. The molecule has 1 amide bonds. The van der Waals surface area contributed by atoms with Gasteiger partial charge < -0.3 is 14.8 Å². The standard InChI is InChI=1S/C17H25FN2O3/c1-11(12-7-8-22-10-12)19-15-9-13(5-6-14(15)18)20-16(21)23-17(2,3)4/h5-6,9,11-12,19H,7-8,10H2,1-4H3,(H,20,21). The summed E-state index contributed by atoms with van der Waals surface area (Å²) in [6.07, 6.45) is 0.401. The van der Waals surface area contributed by atoms with Crippen LogP contribution in [0.5, 0.6) is 0 Å². The molecule has 1 saturated heterocycles. The molecular formula is C17H25FN2O3. The zero-order valence-corrected chi connectivity index (χ0v) is 14.1. The number of rotatable bonds is 4. The monoisotopic (exact) mass is 324 g/mol. The molecular weight excluding hydrogens is 299 g/mol. The van der Waals surface area contributed by atoms with Crippen molar-refractivity contribution in [3.8, 4) is 0 Å². The lowest BCUT2D eigenvalue weighted by Gasteiger charge is -2.22. The van der Waals surface area contributed by atoms with E-state index in [9.17, 15) is 9.18 Å². The van der Waals surface area contributed by atoms with E-state index in [0.29, 0.717) is 23.9 Å².